The molecule has 2 nitrogen and oxygen atoms in total. The monoisotopic (exact) mass is 220 g/mol. The van der Waals surface area contributed by atoms with E-state index in [0.717, 1.165) is 17.1 Å². The Morgan fingerprint density at radius 1 is 1.38 bits per heavy atom. The molecule has 0 atom stereocenters. The summed E-state index contributed by atoms with van der Waals surface area (Å²) in [5, 5.41) is 0. The molecular weight excluding hydrogens is 207 g/mol. The van der Waals surface area contributed by atoms with Crippen LogP contribution in [0, 0.1) is 6.92 Å². The Morgan fingerprint density at radius 3 is 2.46 bits per heavy atom. The van der Waals surface area contributed by atoms with Gasteiger partial charge in [0.2, 0.25) is 0 Å². The number of aromatic nitrogens is 1. The van der Waals surface area contributed by atoms with Crippen LogP contribution in [-0.4, -0.2) is 19.1 Å². The van der Waals surface area contributed by atoms with E-state index < -0.39 is 0 Å². The lowest BCUT2D eigenvalue weighted by Crippen LogP contribution is -2.09. The molecule has 1 aromatic rings. The highest BCUT2D eigenvalue weighted by molar-refractivity contribution is 6.16. The van der Waals surface area contributed by atoms with Gasteiger partial charge < -0.3 is 4.90 Å². The second kappa shape index (κ2) is 5.30. The molecule has 13 heavy (non-hydrogen) atoms. The quantitative estimate of drug-likeness (QED) is 0.713. The van der Waals surface area contributed by atoms with Crippen LogP contribution in [0.2, 0.25) is 0 Å². The fraction of sp³-hybridized carbons (Fsp3) is 0.444. The zero-order valence-corrected chi connectivity index (χ0v) is 9.61. The first-order valence-corrected chi connectivity index (χ1v) is 4.38. The zero-order chi connectivity index (χ0) is 9.14. The van der Waals surface area contributed by atoms with E-state index in [1.807, 2.05) is 38.1 Å². The van der Waals surface area contributed by atoms with E-state index in [-0.39, 0.29) is 12.4 Å². The molecule has 0 saturated heterocycles. The van der Waals surface area contributed by atoms with E-state index in [0.29, 0.717) is 5.88 Å². The average Bonchev–Trinajstić information content (AvgIpc) is 2.03. The van der Waals surface area contributed by atoms with Crippen molar-refractivity contribution in [3.8, 4) is 0 Å². The summed E-state index contributed by atoms with van der Waals surface area (Å²) in [7, 11) is 4.01. The van der Waals surface area contributed by atoms with Crippen LogP contribution in [0.4, 0.5) is 5.69 Å². The van der Waals surface area contributed by atoms with Crippen LogP contribution in [0.1, 0.15) is 11.4 Å². The van der Waals surface area contributed by atoms with Crippen LogP contribution < -0.4 is 4.90 Å². The van der Waals surface area contributed by atoms with E-state index in [9.17, 15) is 0 Å². The SMILES string of the molecule is Cc1cc(N(C)C)cc(CCl)n1.Cl. The second-order valence-electron chi connectivity index (χ2n) is 2.99. The normalized spacial score (nSPS) is 9.23. The average molecular weight is 221 g/mol. The van der Waals surface area contributed by atoms with Crippen LogP contribution in [0.25, 0.3) is 0 Å². The number of pyridine rings is 1. The minimum Gasteiger partial charge on any atom is -0.378 e. The zero-order valence-electron chi connectivity index (χ0n) is 8.04. The van der Waals surface area contributed by atoms with Gasteiger partial charge in [-0.25, -0.2) is 0 Å². The van der Waals surface area contributed by atoms with Crippen molar-refractivity contribution in [1.82, 2.24) is 4.98 Å². The molecule has 74 valence electrons. The summed E-state index contributed by atoms with van der Waals surface area (Å²) < 4.78 is 0. The number of rotatable bonds is 2. The van der Waals surface area contributed by atoms with Crippen molar-refractivity contribution < 1.29 is 0 Å². The maximum Gasteiger partial charge on any atom is 0.0648 e. The molecule has 0 N–H and O–H groups in total. The van der Waals surface area contributed by atoms with Crippen LogP contribution in [0.3, 0.4) is 0 Å². The molecule has 0 aromatic carbocycles. The Bertz CT molecular complexity index is 274. The first-order valence-electron chi connectivity index (χ1n) is 3.84. The molecule has 1 aromatic heterocycles. The van der Waals surface area contributed by atoms with Gasteiger partial charge >= 0.3 is 0 Å². The molecule has 0 bridgehead atoms. The third kappa shape index (κ3) is 3.41. The Labute approximate surface area is 90.3 Å². The van der Waals surface area contributed by atoms with Crippen molar-refractivity contribution in [2.24, 2.45) is 0 Å². The fourth-order valence-electron chi connectivity index (χ4n) is 1.04. The van der Waals surface area contributed by atoms with Crippen molar-refractivity contribution >= 4 is 29.7 Å². The third-order valence-corrected chi connectivity index (χ3v) is 1.92. The molecule has 4 heteroatoms. The molecule has 0 unspecified atom stereocenters. The maximum absolute atomic E-state index is 5.69. The molecule has 0 amide bonds. The number of alkyl halides is 1. The van der Waals surface area contributed by atoms with Crippen molar-refractivity contribution in [2.75, 3.05) is 19.0 Å². The van der Waals surface area contributed by atoms with Crippen LogP contribution in [0.15, 0.2) is 12.1 Å². The molecule has 1 heterocycles. The van der Waals surface area contributed by atoms with Gasteiger partial charge in [-0.05, 0) is 19.1 Å². The van der Waals surface area contributed by atoms with E-state index in [1.54, 1.807) is 0 Å². The van der Waals surface area contributed by atoms with Gasteiger partial charge in [-0.3, -0.25) is 4.98 Å². The molecule has 0 saturated carbocycles. The number of hydrogen-bond donors (Lipinski definition) is 0. The third-order valence-electron chi connectivity index (χ3n) is 1.64. The Kier molecular flexibility index (Phi) is 5.11. The molecule has 1 rings (SSSR count). The van der Waals surface area contributed by atoms with Crippen molar-refractivity contribution in [2.45, 2.75) is 12.8 Å². The number of halogens is 2. The minimum absolute atomic E-state index is 0. The molecule has 0 spiro atoms. The second-order valence-corrected chi connectivity index (χ2v) is 3.25. The number of aryl methyl sites for hydroxylation is 1. The van der Waals surface area contributed by atoms with Gasteiger partial charge in [-0.1, -0.05) is 0 Å². The van der Waals surface area contributed by atoms with Crippen molar-refractivity contribution in [1.29, 1.82) is 0 Å². The predicted molar refractivity (Wildman–Crippen MR) is 60.1 cm³/mol. The number of hydrogen-bond acceptors (Lipinski definition) is 2. The number of nitrogens with zero attached hydrogens (tertiary/aromatic N) is 2. The highest BCUT2D eigenvalue weighted by Crippen LogP contribution is 2.14. The Balaban J connectivity index is 0.00000144. The molecule has 0 radical (unpaired) electrons. The van der Waals surface area contributed by atoms with E-state index in [1.165, 1.54) is 0 Å². The smallest absolute Gasteiger partial charge is 0.0648 e. The summed E-state index contributed by atoms with van der Waals surface area (Å²) in [5.41, 5.74) is 3.09. The molecular formula is C9H14Cl2N2. The molecule has 0 fully saturated rings. The van der Waals surface area contributed by atoms with Gasteiger partial charge in [0.15, 0.2) is 0 Å². The first-order chi connectivity index (χ1) is 5.63. The Morgan fingerprint density at radius 2 is 2.00 bits per heavy atom. The lowest BCUT2D eigenvalue weighted by Gasteiger charge is -2.13. The topological polar surface area (TPSA) is 16.1 Å². The summed E-state index contributed by atoms with van der Waals surface area (Å²) in [6.07, 6.45) is 0. The summed E-state index contributed by atoms with van der Waals surface area (Å²) in [5.74, 6) is 0.475. The van der Waals surface area contributed by atoms with Gasteiger partial charge in [0.25, 0.3) is 0 Å². The van der Waals surface area contributed by atoms with E-state index in [2.05, 4.69) is 4.98 Å². The van der Waals surface area contributed by atoms with Gasteiger partial charge in [-0.15, -0.1) is 24.0 Å². The van der Waals surface area contributed by atoms with Gasteiger partial charge in [0.05, 0.1) is 11.6 Å². The van der Waals surface area contributed by atoms with E-state index in [4.69, 9.17) is 11.6 Å². The van der Waals surface area contributed by atoms with Crippen LogP contribution >= 0.6 is 24.0 Å². The van der Waals surface area contributed by atoms with Crippen LogP contribution in [0.5, 0.6) is 0 Å². The predicted octanol–water partition coefficient (Wildman–Crippen LogP) is 2.62. The van der Waals surface area contributed by atoms with E-state index >= 15 is 0 Å². The lowest BCUT2D eigenvalue weighted by molar-refractivity contribution is 1.06. The van der Waals surface area contributed by atoms with Crippen molar-refractivity contribution in [3.05, 3.63) is 23.5 Å². The first kappa shape index (κ1) is 12.5. The largest absolute Gasteiger partial charge is 0.378 e. The lowest BCUT2D eigenvalue weighted by atomic mass is 10.2. The summed E-state index contributed by atoms with van der Waals surface area (Å²) in [4.78, 5) is 6.32. The summed E-state index contributed by atoms with van der Waals surface area (Å²) >= 11 is 5.69. The molecule has 0 aliphatic carbocycles. The van der Waals surface area contributed by atoms with Crippen molar-refractivity contribution in [3.63, 3.8) is 0 Å². The van der Waals surface area contributed by atoms with Gasteiger partial charge in [0, 0.05) is 25.5 Å². The summed E-state index contributed by atoms with van der Waals surface area (Å²) in [6.45, 7) is 1.98. The standard InChI is InChI=1S/C9H13ClN2.ClH/c1-7-4-9(12(2)3)5-8(6-10)11-7;/h4-5H,6H2,1-3H3;1H. The highest BCUT2D eigenvalue weighted by atomic mass is 35.5. The van der Waals surface area contributed by atoms with Gasteiger partial charge in [0.1, 0.15) is 0 Å². The Hall–Kier alpha value is -0.470. The molecule has 0 aliphatic rings. The number of anilines is 1. The van der Waals surface area contributed by atoms with Gasteiger partial charge in [-0.2, -0.15) is 0 Å². The highest BCUT2D eigenvalue weighted by Gasteiger charge is 1.99. The van der Waals surface area contributed by atoms with Crippen LogP contribution in [-0.2, 0) is 5.88 Å². The molecule has 0 aliphatic heterocycles. The summed E-state index contributed by atoms with van der Waals surface area (Å²) in [6, 6.07) is 4.04. The minimum atomic E-state index is 0. The fourth-order valence-corrected chi connectivity index (χ4v) is 1.18. The maximum atomic E-state index is 5.69.